The molecule has 1 atom stereocenters. The number of nitrogens with one attached hydrogen (secondary N) is 1. The number of nitrogens with zero attached hydrogens (tertiary/aromatic N) is 4. The van der Waals surface area contributed by atoms with Gasteiger partial charge in [0.05, 0.1) is 27.6 Å². The van der Waals surface area contributed by atoms with Crippen molar-refractivity contribution in [2.45, 2.75) is 18.8 Å². The van der Waals surface area contributed by atoms with E-state index in [4.69, 9.17) is 34.8 Å². The topological polar surface area (TPSA) is 66.8 Å². The van der Waals surface area contributed by atoms with Gasteiger partial charge in [-0.1, -0.05) is 34.8 Å². The van der Waals surface area contributed by atoms with Crippen molar-refractivity contribution in [3.63, 3.8) is 0 Å². The highest BCUT2D eigenvalue weighted by Gasteiger charge is 2.24. The van der Waals surface area contributed by atoms with E-state index in [1.165, 1.54) is 10.9 Å². The summed E-state index contributed by atoms with van der Waals surface area (Å²) in [4.78, 5) is 22.1. The van der Waals surface area contributed by atoms with E-state index in [1.54, 1.807) is 18.3 Å². The van der Waals surface area contributed by atoms with Crippen molar-refractivity contribution in [3.05, 3.63) is 68.0 Å². The van der Waals surface area contributed by atoms with Crippen molar-refractivity contribution in [1.29, 1.82) is 0 Å². The lowest BCUT2D eigenvalue weighted by atomic mass is 9.97. The number of piperidine rings is 1. The van der Waals surface area contributed by atoms with E-state index < -0.39 is 5.56 Å². The summed E-state index contributed by atoms with van der Waals surface area (Å²) in [6.07, 6.45) is 7.10. The van der Waals surface area contributed by atoms with Crippen molar-refractivity contribution in [2.24, 2.45) is 0 Å². The van der Waals surface area contributed by atoms with E-state index >= 15 is 0 Å². The van der Waals surface area contributed by atoms with Crippen LogP contribution in [-0.2, 0) is 0 Å². The molecule has 0 saturated carbocycles. The molecule has 140 valence electrons. The summed E-state index contributed by atoms with van der Waals surface area (Å²) >= 11 is 18.3. The maximum Gasteiger partial charge on any atom is 0.291 e. The zero-order chi connectivity index (χ0) is 19.0. The number of anilines is 1. The van der Waals surface area contributed by atoms with Crippen LogP contribution < -0.4 is 10.5 Å². The van der Waals surface area contributed by atoms with Gasteiger partial charge in [0.2, 0.25) is 0 Å². The molecule has 1 N–H and O–H groups in total. The molecular formula is C18H16Cl3N5O. The first-order chi connectivity index (χ1) is 13.0. The van der Waals surface area contributed by atoms with Crippen LogP contribution in [0.3, 0.4) is 0 Å². The fourth-order valence-corrected chi connectivity index (χ4v) is 3.95. The average molecular weight is 425 g/mol. The van der Waals surface area contributed by atoms with E-state index in [0.29, 0.717) is 16.6 Å². The van der Waals surface area contributed by atoms with Gasteiger partial charge in [-0.15, -0.1) is 0 Å². The molecule has 27 heavy (non-hydrogen) atoms. The molecular weight excluding hydrogens is 409 g/mol. The minimum Gasteiger partial charge on any atom is -0.370 e. The summed E-state index contributed by atoms with van der Waals surface area (Å²) in [5.41, 5.74) is 0.973. The number of hydrogen-bond donors (Lipinski definition) is 1. The molecule has 0 amide bonds. The molecule has 1 aliphatic rings. The summed E-state index contributed by atoms with van der Waals surface area (Å²) < 4.78 is 1.19. The second kappa shape index (κ2) is 7.54. The number of H-pyrrole nitrogens is 1. The Morgan fingerprint density at radius 3 is 2.78 bits per heavy atom. The minimum absolute atomic E-state index is 0.0656. The smallest absolute Gasteiger partial charge is 0.291 e. The molecule has 0 spiro atoms. The van der Waals surface area contributed by atoms with Crippen molar-refractivity contribution >= 4 is 40.5 Å². The van der Waals surface area contributed by atoms with E-state index in [1.807, 2.05) is 12.3 Å². The van der Waals surface area contributed by atoms with Crippen molar-refractivity contribution in [1.82, 2.24) is 19.7 Å². The van der Waals surface area contributed by atoms with Crippen molar-refractivity contribution in [2.75, 3.05) is 18.0 Å². The Morgan fingerprint density at radius 2 is 2.04 bits per heavy atom. The Labute approximate surface area is 170 Å². The van der Waals surface area contributed by atoms with Gasteiger partial charge in [0.25, 0.3) is 5.56 Å². The first kappa shape index (κ1) is 18.3. The van der Waals surface area contributed by atoms with Gasteiger partial charge in [-0.05, 0) is 31.0 Å². The van der Waals surface area contributed by atoms with Crippen LogP contribution >= 0.6 is 34.8 Å². The monoisotopic (exact) mass is 423 g/mol. The lowest BCUT2D eigenvalue weighted by molar-refractivity contribution is 0.494. The maximum absolute atomic E-state index is 12.3. The fraction of sp³-hybridized carbons (Fsp3) is 0.278. The highest BCUT2D eigenvalue weighted by molar-refractivity contribution is 6.41. The van der Waals surface area contributed by atoms with Crippen LogP contribution in [0.4, 0.5) is 5.69 Å². The van der Waals surface area contributed by atoms with Gasteiger partial charge in [-0.2, -0.15) is 9.78 Å². The van der Waals surface area contributed by atoms with E-state index in [2.05, 4.69) is 20.0 Å². The molecule has 0 radical (unpaired) electrons. The normalized spacial score (nSPS) is 17.3. The quantitative estimate of drug-likeness (QED) is 0.681. The van der Waals surface area contributed by atoms with Gasteiger partial charge in [-0.25, -0.2) is 4.98 Å². The van der Waals surface area contributed by atoms with Gasteiger partial charge >= 0.3 is 0 Å². The Hall–Kier alpha value is -2.02. The van der Waals surface area contributed by atoms with Crippen molar-refractivity contribution < 1.29 is 0 Å². The predicted octanol–water partition coefficient (Wildman–Crippen LogP) is 4.30. The molecule has 1 fully saturated rings. The molecule has 3 heterocycles. The van der Waals surface area contributed by atoms with Crippen LogP contribution in [-0.4, -0.2) is 32.8 Å². The lowest BCUT2D eigenvalue weighted by Crippen LogP contribution is -2.35. The van der Waals surface area contributed by atoms with Gasteiger partial charge in [0, 0.05) is 31.4 Å². The van der Waals surface area contributed by atoms with Crippen LogP contribution in [0.15, 0.2) is 41.6 Å². The molecule has 1 aromatic carbocycles. The Morgan fingerprint density at radius 1 is 1.19 bits per heavy atom. The largest absolute Gasteiger partial charge is 0.370 e. The molecule has 0 bridgehead atoms. The Balaban J connectivity index is 1.62. The first-order valence-electron chi connectivity index (χ1n) is 8.52. The number of hydrogen-bond acceptors (Lipinski definition) is 4. The second-order valence-corrected chi connectivity index (χ2v) is 7.61. The molecule has 0 aliphatic carbocycles. The summed E-state index contributed by atoms with van der Waals surface area (Å²) in [7, 11) is 0. The molecule has 4 rings (SSSR count). The molecule has 1 aliphatic heterocycles. The van der Waals surface area contributed by atoms with Crippen LogP contribution in [0.25, 0.3) is 5.69 Å². The van der Waals surface area contributed by atoms with Crippen LogP contribution in [0.5, 0.6) is 0 Å². The highest BCUT2D eigenvalue weighted by Crippen LogP contribution is 2.33. The minimum atomic E-state index is -0.483. The van der Waals surface area contributed by atoms with Gasteiger partial charge in [-0.3, -0.25) is 4.79 Å². The molecule has 6 nitrogen and oxygen atoms in total. The second-order valence-electron chi connectivity index (χ2n) is 6.42. The zero-order valence-electron chi connectivity index (χ0n) is 14.2. The summed E-state index contributed by atoms with van der Waals surface area (Å²) in [5.74, 6) is 1.34. The molecule has 1 unspecified atom stereocenters. The molecule has 9 heteroatoms. The summed E-state index contributed by atoms with van der Waals surface area (Å²) in [5, 5.41) is 4.65. The highest BCUT2D eigenvalue weighted by atomic mass is 35.5. The van der Waals surface area contributed by atoms with Gasteiger partial charge in [0.15, 0.2) is 0 Å². The Bertz CT molecular complexity index is 1020. The van der Waals surface area contributed by atoms with Crippen molar-refractivity contribution in [3.8, 4) is 5.69 Å². The molecule has 2 aromatic heterocycles. The molecule has 1 saturated heterocycles. The van der Waals surface area contributed by atoms with Gasteiger partial charge < -0.3 is 9.88 Å². The van der Waals surface area contributed by atoms with E-state index in [-0.39, 0.29) is 10.0 Å². The zero-order valence-corrected chi connectivity index (χ0v) is 16.5. The number of aromatic amines is 1. The number of halogens is 3. The average Bonchev–Trinajstić information content (AvgIpc) is 3.21. The third-order valence-electron chi connectivity index (χ3n) is 4.72. The lowest BCUT2D eigenvalue weighted by Gasteiger charge is -2.34. The van der Waals surface area contributed by atoms with E-state index in [9.17, 15) is 4.79 Å². The number of benzene rings is 1. The summed E-state index contributed by atoms with van der Waals surface area (Å²) in [6, 6.07) is 5.42. The van der Waals surface area contributed by atoms with E-state index in [0.717, 1.165) is 37.4 Å². The standard InChI is InChI=1S/C18H16Cl3N5O/c19-13-8-12(26-18(27)16(21)14(20)9-24-26)3-4-15(13)25-7-1-2-11(10-25)17-22-5-6-23-17/h3-6,8-9,11H,1-2,7,10H2,(H,22,23). The van der Waals surface area contributed by atoms with Crippen LogP contribution in [0.2, 0.25) is 15.1 Å². The SMILES string of the molecule is O=c1c(Cl)c(Cl)cnn1-c1ccc(N2CCCC(c3ncc[nH]3)C2)c(Cl)c1. The van der Waals surface area contributed by atoms with Crippen LogP contribution in [0.1, 0.15) is 24.6 Å². The molecule has 3 aromatic rings. The maximum atomic E-state index is 12.3. The first-order valence-corrected chi connectivity index (χ1v) is 9.65. The fourth-order valence-electron chi connectivity index (χ4n) is 3.40. The summed E-state index contributed by atoms with van der Waals surface area (Å²) in [6.45, 7) is 1.75. The predicted molar refractivity (Wildman–Crippen MR) is 108 cm³/mol. The number of aromatic nitrogens is 4. The Kier molecular flexibility index (Phi) is 5.12. The number of rotatable bonds is 3. The third-order valence-corrected chi connectivity index (χ3v) is 5.77. The van der Waals surface area contributed by atoms with Gasteiger partial charge in [0.1, 0.15) is 10.8 Å². The number of imidazole rings is 1. The van der Waals surface area contributed by atoms with Crippen LogP contribution in [0, 0.1) is 0 Å². The third kappa shape index (κ3) is 3.57.